The first-order valence-corrected chi connectivity index (χ1v) is 8.70. The van der Waals surface area contributed by atoms with Gasteiger partial charge in [-0.15, -0.1) is 0 Å². The molecular weight excluding hydrogens is 258 g/mol. The number of rotatable bonds is 5. The van der Waals surface area contributed by atoms with Gasteiger partial charge in [-0.3, -0.25) is 0 Å². The summed E-state index contributed by atoms with van der Waals surface area (Å²) in [5.74, 6) is 1.82. The van der Waals surface area contributed by atoms with Crippen molar-refractivity contribution in [2.24, 2.45) is 11.8 Å². The van der Waals surface area contributed by atoms with E-state index in [0.717, 1.165) is 36.8 Å². The van der Waals surface area contributed by atoms with Gasteiger partial charge in [0.15, 0.2) is 0 Å². The Kier molecular flexibility index (Phi) is 4.66. The van der Waals surface area contributed by atoms with Crippen molar-refractivity contribution in [3.63, 3.8) is 0 Å². The lowest BCUT2D eigenvalue weighted by atomic mass is 9.84. The molecule has 1 saturated carbocycles. The molecule has 2 aliphatic heterocycles. The third kappa shape index (κ3) is 3.49. The minimum Gasteiger partial charge on any atom is -0.385 e. The first kappa shape index (κ1) is 15.1. The second-order valence-corrected chi connectivity index (χ2v) is 7.15. The van der Waals surface area contributed by atoms with Crippen LogP contribution >= 0.6 is 0 Å². The van der Waals surface area contributed by atoms with Gasteiger partial charge in [0, 0.05) is 19.6 Å². The summed E-state index contributed by atoms with van der Waals surface area (Å²) in [4.78, 5) is 2.62. The lowest BCUT2D eigenvalue weighted by Gasteiger charge is -2.31. The molecule has 1 aromatic carbocycles. The Hall–Kier alpha value is -0.860. The summed E-state index contributed by atoms with van der Waals surface area (Å²) in [5, 5.41) is 11.0. The van der Waals surface area contributed by atoms with Gasteiger partial charge in [0.05, 0.1) is 5.60 Å². The first-order chi connectivity index (χ1) is 10.2. The number of nitrogens with zero attached hydrogens (tertiary/aromatic N) is 1. The molecule has 0 amide bonds. The minimum absolute atomic E-state index is 0.660. The summed E-state index contributed by atoms with van der Waals surface area (Å²) >= 11 is 0. The molecule has 1 aliphatic carbocycles. The molecule has 2 heteroatoms. The molecule has 0 spiro atoms. The Balaban J connectivity index is 1.63. The molecule has 0 radical (unpaired) electrons. The average molecular weight is 287 g/mol. The Labute approximate surface area is 129 Å². The SMILES string of the molecule is CCC(O)(CCN1CC2CCC(CC2)C1)c1ccccc1. The zero-order chi connectivity index (χ0) is 14.7. The van der Waals surface area contributed by atoms with Crippen molar-refractivity contribution in [1.29, 1.82) is 0 Å². The highest BCUT2D eigenvalue weighted by Crippen LogP contribution is 2.35. The molecule has 0 aromatic heterocycles. The highest BCUT2D eigenvalue weighted by Gasteiger charge is 2.32. The molecule has 1 aromatic rings. The van der Waals surface area contributed by atoms with Gasteiger partial charge in [-0.25, -0.2) is 0 Å². The molecule has 4 rings (SSSR count). The standard InChI is InChI=1S/C19H29NO/c1-2-19(21,18-6-4-3-5-7-18)12-13-20-14-16-8-9-17(15-20)11-10-16/h3-7,16-17,21H,2,8-15H2,1H3. The van der Waals surface area contributed by atoms with Crippen molar-refractivity contribution >= 4 is 0 Å². The summed E-state index contributed by atoms with van der Waals surface area (Å²) in [7, 11) is 0. The van der Waals surface area contributed by atoms with Crippen molar-refractivity contribution in [2.45, 2.75) is 51.0 Å². The molecule has 1 N–H and O–H groups in total. The maximum absolute atomic E-state index is 11.0. The van der Waals surface area contributed by atoms with Gasteiger partial charge in [0.1, 0.15) is 0 Å². The summed E-state index contributed by atoms with van der Waals surface area (Å²) in [6.07, 6.45) is 7.36. The maximum Gasteiger partial charge on any atom is 0.0906 e. The van der Waals surface area contributed by atoms with Gasteiger partial charge in [-0.05, 0) is 55.9 Å². The zero-order valence-electron chi connectivity index (χ0n) is 13.3. The third-order valence-corrected chi connectivity index (χ3v) is 5.74. The van der Waals surface area contributed by atoms with E-state index in [2.05, 4.69) is 24.0 Å². The van der Waals surface area contributed by atoms with Crippen molar-refractivity contribution in [3.8, 4) is 0 Å². The average Bonchev–Trinajstić information content (AvgIpc) is 2.86. The van der Waals surface area contributed by atoms with Crippen molar-refractivity contribution in [2.75, 3.05) is 19.6 Å². The van der Waals surface area contributed by atoms with Crippen LogP contribution < -0.4 is 0 Å². The van der Waals surface area contributed by atoms with Gasteiger partial charge in [0.2, 0.25) is 0 Å². The Morgan fingerprint density at radius 3 is 2.14 bits per heavy atom. The number of benzene rings is 1. The van der Waals surface area contributed by atoms with E-state index < -0.39 is 5.60 Å². The van der Waals surface area contributed by atoms with Gasteiger partial charge in [-0.2, -0.15) is 0 Å². The third-order valence-electron chi connectivity index (χ3n) is 5.74. The minimum atomic E-state index is -0.660. The molecule has 2 nitrogen and oxygen atoms in total. The van der Waals surface area contributed by atoms with Crippen LogP contribution in [0.1, 0.15) is 51.0 Å². The summed E-state index contributed by atoms with van der Waals surface area (Å²) in [6, 6.07) is 10.2. The van der Waals surface area contributed by atoms with E-state index in [1.807, 2.05) is 18.2 Å². The van der Waals surface area contributed by atoms with Gasteiger partial charge in [-0.1, -0.05) is 37.3 Å². The largest absolute Gasteiger partial charge is 0.385 e. The molecule has 2 heterocycles. The van der Waals surface area contributed by atoms with E-state index in [4.69, 9.17) is 0 Å². The van der Waals surface area contributed by atoms with Crippen LogP contribution in [0.3, 0.4) is 0 Å². The van der Waals surface area contributed by atoms with Gasteiger partial charge >= 0.3 is 0 Å². The molecule has 3 aliphatic rings. The van der Waals surface area contributed by atoms with Crippen LogP contribution in [0.5, 0.6) is 0 Å². The molecule has 2 bridgehead atoms. The van der Waals surface area contributed by atoms with Crippen LogP contribution in [0, 0.1) is 11.8 Å². The summed E-state index contributed by atoms with van der Waals surface area (Å²) in [6.45, 7) is 5.64. The summed E-state index contributed by atoms with van der Waals surface area (Å²) < 4.78 is 0. The second-order valence-electron chi connectivity index (χ2n) is 7.15. The van der Waals surface area contributed by atoms with Crippen LogP contribution in [0.4, 0.5) is 0 Å². The van der Waals surface area contributed by atoms with E-state index in [1.54, 1.807) is 0 Å². The first-order valence-electron chi connectivity index (χ1n) is 8.70. The number of hydrogen-bond donors (Lipinski definition) is 1. The van der Waals surface area contributed by atoms with Gasteiger partial charge in [0.25, 0.3) is 0 Å². The van der Waals surface area contributed by atoms with Crippen LogP contribution in [-0.4, -0.2) is 29.6 Å². The quantitative estimate of drug-likeness (QED) is 0.890. The van der Waals surface area contributed by atoms with E-state index in [1.165, 1.54) is 38.8 Å². The molecule has 21 heavy (non-hydrogen) atoms. The highest BCUT2D eigenvalue weighted by atomic mass is 16.3. The number of fused-ring (bicyclic) bond motifs is 4. The smallest absolute Gasteiger partial charge is 0.0906 e. The molecule has 2 saturated heterocycles. The predicted octanol–water partition coefficient (Wildman–Crippen LogP) is 3.80. The highest BCUT2D eigenvalue weighted by molar-refractivity contribution is 5.22. The lowest BCUT2D eigenvalue weighted by molar-refractivity contribution is 0.0123. The van der Waals surface area contributed by atoms with E-state index in [-0.39, 0.29) is 0 Å². The van der Waals surface area contributed by atoms with Crippen LogP contribution in [0.2, 0.25) is 0 Å². The molecule has 116 valence electrons. The van der Waals surface area contributed by atoms with Gasteiger partial charge < -0.3 is 10.0 Å². The van der Waals surface area contributed by atoms with E-state index in [0.29, 0.717) is 0 Å². The Bertz CT molecular complexity index is 424. The fourth-order valence-corrected chi connectivity index (χ4v) is 4.20. The van der Waals surface area contributed by atoms with Crippen molar-refractivity contribution < 1.29 is 5.11 Å². The van der Waals surface area contributed by atoms with Crippen LogP contribution in [0.15, 0.2) is 30.3 Å². The second kappa shape index (κ2) is 6.50. The normalized spacial score (nSPS) is 29.0. The molecular formula is C19H29NO. The topological polar surface area (TPSA) is 23.5 Å². The van der Waals surface area contributed by atoms with Crippen LogP contribution in [0.25, 0.3) is 0 Å². The van der Waals surface area contributed by atoms with Crippen molar-refractivity contribution in [3.05, 3.63) is 35.9 Å². The number of aliphatic hydroxyl groups is 1. The predicted molar refractivity (Wildman–Crippen MR) is 87.1 cm³/mol. The lowest BCUT2D eigenvalue weighted by Crippen LogP contribution is -2.35. The van der Waals surface area contributed by atoms with E-state index >= 15 is 0 Å². The van der Waals surface area contributed by atoms with Crippen LogP contribution in [-0.2, 0) is 5.60 Å². The van der Waals surface area contributed by atoms with E-state index in [9.17, 15) is 5.11 Å². The maximum atomic E-state index is 11.0. The zero-order valence-corrected chi connectivity index (χ0v) is 13.3. The Morgan fingerprint density at radius 2 is 1.62 bits per heavy atom. The fourth-order valence-electron chi connectivity index (χ4n) is 4.20. The monoisotopic (exact) mass is 287 g/mol. The molecule has 1 unspecified atom stereocenters. The fraction of sp³-hybridized carbons (Fsp3) is 0.684. The summed E-state index contributed by atoms with van der Waals surface area (Å²) in [5.41, 5.74) is 0.414. The molecule has 3 fully saturated rings. The Morgan fingerprint density at radius 1 is 1.05 bits per heavy atom. The van der Waals surface area contributed by atoms with Crippen molar-refractivity contribution in [1.82, 2.24) is 4.90 Å². The molecule has 1 atom stereocenters. The number of hydrogen-bond acceptors (Lipinski definition) is 2.